The molecule has 2 amide bonds. The lowest BCUT2D eigenvalue weighted by atomic mass is 9.85. The largest absolute Gasteiger partial charge is 0.354 e. The smallest absolute Gasteiger partial charge is 0.252 e. The van der Waals surface area contributed by atoms with Crippen LogP contribution in [0.4, 0.5) is 0 Å². The maximum atomic E-state index is 12.4. The third-order valence-corrected chi connectivity index (χ3v) is 4.91. The van der Waals surface area contributed by atoms with Gasteiger partial charge in [0.2, 0.25) is 5.91 Å². The van der Waals surface area contributed by atoms with Crippen molar-refractivity contribution in [2.75, 3.05) is 0 Å². The van der Waals surface area contributed by atoms with Gasteiger partial charge in [0.25, 0.3) is 5.91 Å². The van der Waals surface area contributed by atoms with E-state index in [0.29, 0.717) is 21.5 Å². The summed E-state index contributed by atoms with van der Waals surface area (Å²) in [5, 5.41) is 6.52. The van der Waals surface area contributed by atoms with E-state index in [0.717, 1.165) is 19.3 Å². The maximum Gasteiger partial charge on any atom is 0.252 e. The quantitative estimate of drug-likeness (QED) is 0.803. The lowest BCUT2D eigenvalue weighted by Gasteiger charge is -2.29. The van der Waals surface area contributed by atoms with E-state index < -0.39 is 0 Å². The number of carbonyl (C=O) groups is 2. The van der Waals surface area contributed by atoms with E-state index in [4.69, 9.17) is 11.6 Å². The molecule has 2 N–H and O–H groups in total. The predicted octanol–water partition coefficient (Wildman–Crippen LogP) is 3.92. The molecule has 0 spiro atoms. The molecule has 2 rings (SSSR count). The summed E-state index contributed by atoms with van der Waals surface area (Å²) in [6.07, 6.45) is 3.40. The van der Waals surface area contributed by atoms with Crippen LogP contribution in [0.3, 0.4) is 0 Å². The molecule has 4 nitrogen and oxygen atoms in total. The van der Waals surface area contributed by atoms with Gasteiger partial charge in [-0.3, -0.25) is 9.59 Å². The van der Waals surface area contributed by atoms with Crippen molar-refractivity contribution in [1.29, 1.82) is 0 Å². The highest BCUT2D eigenvalue weighted by atomic mass is 79.9. The number of hydrogen-bond acceptors (Lipinski definition) is 2. The summed E-state index contributed by atoms with van der Waals surface area (Å²) in [7, 11) is 0. The van der Waals surface area contributed by atoms with Crippen molar-refractivity contribution in [3.63, 3.8) is 0 Å². The summed E-state index contributed by atoms with van der Waals surface area (Å²) in [4.78, 5) is 24.6. The Morgan fingerprint density at radius 2 is 2.04 bits per heavy atom. The molecule has 0 saturated heterocycles. The van der Waals surface area contributed by atoms with E-state index in [9.17, 15) is 9.59 Å². The van der Waals surface area contributed by atoms with Crippen LogP contribution in [0.25, 0.3) is 0 Å². The minimum absolute atomic E-state index is 0.0186. The Hall–Kier alpha value is -1.07. The molecule has 0 radical (unpaired) electrons. The average Bonchev–Trinajstić information content (AvgIpc) is 2.49. The Balaban J connectivity index is 1.98. The normalized spacial score (nSPS) is 21.1. The van der Waals surface area contributed by atoms with Gasteiger partial charge in [0.1, 0.15) is 0 Å². The Labute approximate surface area is 150 Å². The molecule has 1 saturated carbocycles. The molecule has 23 heavy (non-hydrogen) atoms. The highest BCUT2D eigenvalue weighted by molar-refractivity contribution is 9.10. The molecule has 1 fully saturated rings. The molecule has 1 aliphatic carbocycles. The van der Waals surface area contributed by atoms with Crippen LogP contribution in [-0.2, 0) is 4.79 Å². The van der Waals surface area contributed by atoms with E-state index in [2.05, 4.69) is 26.6 Å². The van der Waals surface area contributed by atoms with Crippen LogP contribution >= 0.6 is 27.5 Å². The van der Waals surface area contributed by atoms with Crippen LogP contribution in [0, 0.1) is 5.92 Å². The van der Waals surface area contributed by atoms with Crippen molar-refractivity contribution in [1.82, 2.24) is 10.6 Å². The van der Waals surface area contributed by atoms with Gasteiger partial charge in [-0.2, -0.15) is 0 Å². The zero-order valence-electron chi connectivity index (χ0n) is 13.4. The van der Waals surface area contributed by atoms with Crippen LogP contribution in [0.1, 0.15) is 49.9 Å². The zero-order valence-corrected chi connectivity index (χ0v) is 15.7. The van der Waals surface area contributed by atoms with Crippen molar-refractivity contribution >= 4 is 39.3 Å². The molecule has 2 unspecified atom stereocenters. The maximum absolute atomic E-state index is 12.4. The molecule has 0 bridgehead atoms. The molecule has 1 aliphatic rings. The Morgan fingerprint density at radius 1 is 1.30 bits per heavy atom. The minimum Gasteiger partial charge on any atom is -0.354 e. The second-order valence-electron chi connectivity index (χ2n) is 6.32. The minimum atomic E-state index is -0.158. The second kappa shape index (κ2) is 8.15. The molecule has 0 aliphatic heterocycles. The van der Waals surface area contributed by atoms with E-state index in [1.165, 1.54) is 0 Å². The highest BCUT2D eigenvalue weighted by Crippen LogP contribution is 2.26. The first-order valence-corrected chi connectivity index (χ1v) is 9.10. The topological polar surface area (TPSA) is 58.2 Å². The standard InChI is InChI=1S/C17H22BrClN2O2/c1-10(2)20-16(22)11-4-3-5-13(8-11)21-17(23)14-9-12(19)6-7-15(14)18/h6-7,9-11,13H,3-5,8H2,1-2H3,(H,20,22)(H,21,23). The second-order valence-corrected chi connectivity index (χ2v) is 7.61. The van der Waals surface area contributed by atoms with Crippen molar-refractivity contribution in [3.8, 4) is 0 Å². The number of amides is 2. The average molecular weight is 402 g/mol. The van der Waals surface area contributed by atoms with Crippen LogP contribution in [0.5, 0.6) is 0 Å². The summed E-state index contributed by atoms with van der Waals surface area (Å²) in [5.74, 6) is -0.101. The molecule has 126 valence electrons. The first-order chi connectivity index (χ1) is 10.9. The summed E-state index contributed by atoms with van der Waals surface area (Å²) < 4.78 is 0.712. The van der Waals surface area contributed by atoms with Gasteiger partial charge in [-0.15, -0.1) is 0 Å². The summed E-state index contributed by atoms with van der Waals surface area (Å²) in [6, 6.07) is 5.30. The monoisotopic (exact) mass is 400 g/mol. The van der Waals surface area contributed by atoms with Crippen molar-refractivity contribution in [3.05, 3.63) is 33.3 Å². The first-order valence-electron chi connectivity index (χ1n) is 7.93. The number of carbonyl (C=O) groups excluding carboxylic acids is 2. The van der Waals surface area contributed by atoms with Gasteiger partial charge in [-0.05, 0) is 67.2 Å². The third kappa shape index (κ3) is 5.21. The van der Waals surface area contributed by atoms with E-state index in [1.54, 1.807) is 18.2 Å². The lowest BCUT2D eigenvalue weighted by Crippen LogP contribution is -2.43. The summed E-state index contributed by atoms with van der Waals surface area (Å²) >= 11 is 9.34. The van der Waals surface area contributed by atoms with Gasteiger partial charge in [0, 0.05) is 27.5 Å². The van der Waals surface area contributed by atoms with E-state index in [1.807, 2.05) is 13.8 Å². The Kier molecular flexibility index (Phi) is 6.48. The van der Waals surface area contributed by atoms with Crippen LogP contribution in [0.15, 0.2) is 22.7 Å². The Bertz CT molecular complexity index is 592. The fraction of sp³-hybridized carbons (Fsp3) is 0.529. The molecule has 6 heteroatoms. The number of hydrogen-bond donors (Lipinski definition) is 2. The number of nitrogens with one attached hydrogen (secondary N) is 2. The molecule has 0 heterocycles. The number of rotatable bonds is 4. The van der Waals surface area contributed by atoms with Crippen molar-refractivity contribution < 1.29 is 9.59 Å². The Morgan fingerprint density at radius 3 is 2.74 bits per heavy atom. The lowest BCUT2D eigenvalue weighted by molar-refractivity contribution is -0.126. The third-order valence-electron chi connectivity index (χ3n) is 3.98. The fourth-order valence-corrected chi connectivity index (χ4v) is 3.49. The van der Waals surface area contributed by atoms with Gasteiger partial charge in [-0.25, -0.2) is 0 Å². The van der Waals surface area contributed by atoms with Crippen molar-refractivity contribution in [2.24, 2.45) is 5.92 Å². The molecule has 1 aromatic carbocycles. The molecule has 2 atom stereocenters. The molecule has 1 aromatic rings. The molecule has 0 aromatic heterocycles. The number of halogens is 2. The van der Waals surface area contributed by atoms with E-state index >= 15 is 0 Å². The first kappa shape index (κ1) is 18.3. The number of benzene rings is 1. The van der Waals surface area contributed by atoms with Crippen LogP contribution < -0.4 is 10.6 Å². The summed E-state index contributed by atoms with van der Waals surface area (Å²) in [6.45, 7) is 3.91. The van der Waals surface area contributed by atoms with Gasteiger partial charge >= 0.3 is 0 Å². The molecular formula is C17H22BrClN2O2. The van der Waals surface area contributed by atoms with Crippen LogP contribution in [0.2, 0.25) is 5.02 Å². The van der Waals surface area contributed by atoms with Gasteiger partial charge in [-0.1, -0.05) is 18.0 Å². The van der Waals surface area contributed by atoms with Gasteiger partial charge < -0.3 is 10.6 Å². The SMILES string of the molecule is CC(C)NC(=O)C1CCCC(NC(=O)c2cc(Cl)ccc2Br)C1. The molecular weight excluding hydrogens is 380 g/mol. The van der Waals surface area contributed by atoms with Crippen LogP contribution in [-0.4, -0.2) is 23.9 Å². The van der Waals surface area contributed by atoms with E-state index in [-0.39, 0.29) is 29.8 Å². The van der Waals surface area contributed by atoms with Gasteiger partial charge in [0.05, 0.1) is 5.56 Å². The van der Waals surface area contributed by atoms with Gasteiger partial charge in [0.15, 0.2) is 0 Å². The fourth-order valence-electron chi connectivity index (χ4n) is 2.90. The highest BCUT2D eigenvalue weighted by Gasteiger charge is 2.28. The zero-order chi connectivity index (χ0) is 17.0. The van der Waals surface area contributed by atoms with Crippen molar-refractivity contribution in [2.45, 2.75) is 51.6 Å². The predicted molar refractivity (Wildman–Crippen MR) is 95.6 cm³/mol. The summed E-state index contributed by atoms with van der Waals surface area (Å²) in [5.41, 5.74) is 0.520.